The SMILES string of the molecule is CC(C)(C)O[C@H]1C[C@H](OC2CCN(CC3CCCN(C(C)(C)C)C3)CC2)C1. The number of hydrogen-bond acceptors (Lipinski definition) is 4. The van der Waals surface area contributed by atoms with Crippen LogP contribution in [0.25, 0.3) is 0 Å². The summed E-state index contributed by atoms with van der Waals surface area (Å²) in [5.41, 5.74) is 0.291. The van der Waals surface area contributed by atoms with Crippen molar-refractivity contribution in [1.29, 1.82) is 0 Å². The maximum Gasteiger partial charge on any atom is 0.0631 e. The van der Waals surface area contributed by atoms with Crippen LogP contribution in [-0.2, 0) is 9.47 Å². The highest BCUT2D eigenvalue weighted by Gasteiger charge is 2.36. The van der Waals surface area contributed by atoms with Crippen LogP contribution >= 0.6 is 0 Å². The Balaban J connectivity index is 1.32. The summed E-state index contributed by atoms with van der Waals surface area (Å²) < 4.78 is 12.4. The molecule has 0 spiro atoms. The fourth-order valence-electron chi connectivity index (χ4n) is 4.91. The average molecular weight is 381 g/mol. The van der Waals surface area contributed by atoms with Gasteiger partial charge in [0.2, 0.25) is 0 Å². The van der Waals surface area contributed by atoms with Gasteiger partial charge in [0.1, 0.15) is 0 Å². The number of hydrogen-bond donors (Lipinski definition) is 0. The van der Waals surface area contributed by atoms with Gasteiger partial charge in [-0.1, -0.05) is 0 Å². The largest absolute Gasteiger partial charge is 0.375 e. The minimum Gasteiger partial charge on any atom is -0.375 e. The third-order valence-electron chi connectivity index (χ3n) is 6.48. The second kappa shape index (κ2) is 8.69. The van der Waals surface area contributed by atoms with Crippen molar-refractivity contribution in [2.24, 2.45) is 5.92 Å². The third kappa shape index (κ3) is 6.69. The lowest BCUT2D eigenvalue weighted by Crippen LogP contribution is -2.50. The fraction of sp³-hybridized carbons (Fsp3) is 1.00. The molecule has 2 heterocycles. The van der Waals surface area contributed by atoms with Gasteiger partial charge in [-0.05, 0) is 92.5 Å². The molecular formula is C23H44N2O2. The Kier molecular flexibility index (Phi) is 6.93. The molecule has 0 aromatic carbocycles. The normalized spacial score (nSPS) is 32.4. The van der Waals surface area contributed by atoms with Crippen LogP contribution in [0.4, 0.5) is 0 Å². The van der Waals surface area contributed by atoms with E-state index in [-0.39, 0.29) is 5.60 Å². The molecule has 3 fully saturated rings. The smallest absolute Gasteiger partial charge is 0.0631 e. The van der Waals surface area contributed by atoms with Gasteiger partial charge in [0.05, 0.1) is 23.9 Å². The van der Waals surface area contributed by atoms with Gasteiger partial charge >= 0.3 is 0 Å². The topological polar surface area (TPSA) is 24.9 Å². The van der Waals surface area contributed by atoms with Crippen molar-refractivity contribution >= 4 is 0 Å². The van der Waals surface area contributed by atoms with Crippen molar-refractivity contribution in [3.05, 3.63) is 0 Å². The molecule has 1 atom stereocenters. The lowest BCUT2D eigenvalue weighted by atomic mass is 9.90. The lowest BCUT2D eigenvalue weighted by Gasteiger charge is -2.44. The molecule has 158 valence electrons. The minimum atomic E-state index is -0.0251. The van der Waals surface area contributed by atoms with E-state index in [4.69, 9.17) is 9.47 Å². The zero-order valence-electron chi connectivity index (χ0n) is 18.8. The molecule has 0 N–H and O–H groups in total. The molecule has 2 saturated heterocycles. The van der Waals surface area contributed by atoms with E-state index in [0.717, 1.165) is 18.8 Å². The molecule has 3 aliphatic rings. The van der Waals surface area contributed by atoms with Crippen molar-refractivity contribution < 1.29 is 9.47 Å². The van der Waals surface area contributed by atoms with Crippen LogP contribution in [-0.4, -0.2) is 72.0 Å². The van der Waals surface area contributed by atoms with Crippen LogP contribution in [0.5, 0.6) is 0 Å². The molecule has 0 radical (unpaired) electrons. The molecule has 0 aromatic heterocycles. The molecule has 1 aliphatic carbocycles. The number of piperidine rings is 2. The van der Waals surface area contributed by atoms with Crippen LogP contribution in [0.2, 0.25) is 0 Å². The summed E-state index contributed by atoms with van der Waals surface area (Å²) in [6, 6.07) is 0. The molecular weight excluding hydrogens is 336 g/mol. The summed E-state index contributed by atoms with van der Waals surface area (Å²) in [5.74, 6) is 0.845. The summed E-state index contributed by atoms with van der Waals surface area (Å²) in [4.78, 5) is 5.38. The van der Waals surface area contributed by atoms with Crippen molar-refractivity contribution in [1.82, 2.24) is 9.80 Å². The summed E-state index contributed by atoms with van der Waals surface area (Å²) >= 11 is 0. The second-order valence-corrected chi connectivity index (χ2v) is 11.2. The van der Waals surface area contributed by atoms with E-state index in [1.54, 1.807) is 0 Å². The van der Waals surface area contributed by atoms with Gasteiger partial charge in [-0.3, -0.25) is 4.90 Å². The van der Waals surface area contributed by atoms with Crippen LogP contribution in [0.1, 0.15) is 80.1 Å². The molecule has 2 aliphatic heterocycles. The zero-order valence-corrected chi connectivity index (χ0v) is 18.8. The molecule has 0 bridgehead atoms. The molecule has 4 nitrogen and oxygen atoms in total. The van der Waals surface area contributed by atoms with Gasteiger partial charge in [-0.15, -0.1) is 0 Å². The third-order valence-corrected chi connectivity index (χ3v) is 6.48. The zero-order chi connectivity index (χ0) is 19.7. The Morgan fingerprint density at radius 1 is 0.815 bits per heavy atom. The Morgan fingerprint density at radius 3 is 2.07 bits per heavy atom. The van der Waals surface area contributed by atoms with E-state index in [1.807, 2.05) is 0 Å². The van der Waals surface area contributed by atoms with Crippen molar-refractivity contribution in [3.8, 4) is 0 Å². The minimum absolute atomic E-state index is 0.0251. The number of ether oxygens (including phenoxy) is 2. The molecule has 1 unspecified atom stereocenters. The first kappa shape index (κ1) is 21.5. The molecule has 4 heteroatoms. The first-order valence-corrected chi connectivity index (χ1v) is 11.4. The molecule has 0 aromatic rings. The monoisotopic (exact) mass is 380 g/mol. The van der Waals surface area contributed by atoms with Gasteiger partial charge in [0, 0.05) is 31.7 Å². The van der Waals surface area contributed by atoms with Gasteiger partial charge in [0.15, 0.2) is 0 Å². The van der Waals surface area contributed by atoms with E-state index >= 15 is 0 Å². The Morgan fingerprint density at radius 2 is 1.48 bits per heavy atom. The predicted molar refractivity (Wildman–Crippen MR) is 112 cm³/mol. The van der Waals surface area contributed by atoms with Gasteiger partial charge in [-0.25, -0.2) is 0 Å². The number of rotatable bonds is 5. The Bertz CT molecular complexity index is 454. The summed E-state index contributed by atoms with van der Waals surface area (Å²) in [7, 11) is 0. The highest BCUT2D eigenvalue weighted by molar-refractivity contribution is 4.87. The van der Waals surface area contributed by atoms with Crippen LogP contribution in [0.3, 0.4) is 0 Å². The van der Waals surface area contributed by atoms with Crippen molar-refractivity contribution in [3.63, 3.8) is 0 Å². The Labute approximate surface area is 167 Å². The van der Waals surface area contributed by atoms with Crippen LogP contribution in [0, 0.1) is 5.92 Å². The quantitative estimate of drug-likeness (QED) is 0.709. The van der Waals surface area contributed by atoms with Crippen LogP contribution < -0.4 is 0 Å². The standard InChI is InChI=1S/C23H44N2O2/c1-22(2,3)25-11-7-8-18(17-25)16-24-12-9-19(10-13-24)26-20-14-21(15-20)27-23(4,5)6/h18-21H,7-17H2,1-6H3/t18?,20-,21-. The van der Waals surface area contributed by atoms with Crippen LogP contribution in [0.15, 0.2) is 0 Å². The van der Waals surface area contributed by atoms with Crippen molar-refractivity contribution in [2.45, 2.75) is 110 Å². The lowest BCUT2D eigenvalue weighted by molar-refractivity contribution is -0.167. The first-order valence-electron chi connectivity index (χ1n) is 11.4. The highest BCUT2D eigenvalue weighted by atomic mass is 16.5. The van der Waals surface area contributed by atoms with E-state index in [1.165, 1.54) is 58.4 Å². The molecule has 1 saturated carbocycles. The highest BCUT2D eigenvalue weighted by Crippen LogP contribution is 2.32. The predicted octanol–water partition coefficient (Wildman–Crippen LogP) is 4.32. The van der Waals surface area contributed by atoms with Gasteiger partial charge < -0.3 is 14.4 Å². The van der Waals surface area contributed by atoms with E-state index in [9.17, 15) is 0 Å². The average Bonchev–Trinajstić information content (AvgIpc) is 2.53. The van der Waals surface area contributed by atoms with E-state index in [0.29, 0.717) is 23.9 Å². The van der Waals surface area contributed by atoms with E-state index < -0.39 is 0 Å². The molecule has 0 amide bonds. The maximum absolute atomic E-state index is 6.36. The van der Waals surface area contributed by atoms with Gasteiger partial charge in [0.25, 0.3) is 0 Å². The molecule has 27 heavy (non-hydrogen) atoms. The number of nitrogens with zero attached hydrogens (tertiary/aromatic N) is 2. The summed E-state index contributed by atoms with van der Waals surface area (Å²) in [5, 5.41) is 0. The summed E-state index contributed by atoms with van der Waals surface area (Å²) in [6.45, 7) is 19.8. The first-order chi connectivity index (χ1) is 12.6. The van der Waals surface area contributed by atoms with E-state index in [2.05, 4.69) is 51.3 Å². The van der Waals surface area contributed by atoms with Crippen molar-refractivity contribution in [2.75, 3.05) is 32.7 Å². The second-order valence-electron chi connectivity index (χ2n) is 11.2. The summed E-state index contributed by atoms with van der Waals surface area (Å²) in [6.07, 6.45) is 8.67. The Hall–Kier alpha value is -0.160. The number of likely N-dealkylation sites (tertiary alicyclic amines) is 2. The van der Waals surface area contributed by atoms with Gasteiger partial charge in [-0.2, -0.15) is 0 Å². The molecule has 3 rings (SSSR count). The fourth-order valence-corrected chi connectivity index (χ4v) is 4.91. The maximum atomic E-state index is 6.36.